The second-order valence-electron chi connectivity index (χ2n) is 6.65. The van der Waals surface area contributed by atoms with E-state index >= 15 is 0 Å². The van der Waals surface area contributed by atoms with E-state index < -0.39 is 0 Å². The number of anilines is 1. The third-order valence-electron chi connectivity index (χ3n) is 4.48. The second-order valence-corrected chi connectivity index (χ2v) is 6.65. The molecule has 2 aromatic rings. The largest absolute Gasteiger partial charge is 0.325 e. The van der Waals surface area contributed by atoms with Crippen LogP contribution in [0, 0.1) is 18.3 Å². The minimum absolute atomic E-state index is 0.0439. The number of amides is 1. The second kappa shape index (κ2) is 7.96. The molecule has 3 rings (SSSR count). The molecule has 25 heavy (non-hydrogen) atoms. The van der Waals surface area contributed by atoms with Crippen LogP contribution in [0.5, 0.6) is 0 Å². The molecule has 4 nitrogen and oxygen atoms in total. The van der Waals surface area contributed by atoms with Crippen molar-refractivity contribution in [3.63, 3.8) is 0 Å². The zero-order chi connectivity index (χ0) is 17.6. The number of nitriles is 1. The SMILES string of the molecule is Cc1cccc(CN(CCC(=O)Nc2ccccc2C#N)C2CC2)c1. The summed E-state index contributed by atoms with van der Waals surface area (Å²) >= 11 is 0. The third kappa shape index (κ3) is 4.91. The minimum Gasteiger partial charge on any atom is -0.325 e. The van der Waals surface area contributed by atoms with Crippen LogP contribution in [0.4, 0.5) is 5.69 Å². The van der Waals surface area contributed by atoms with Gasteiger partial charge >= 0.3 is 0 Å². The van der Waals surface area contributed by atoms with Gasteiger partial charge in [-0.1, -0.05) is 42.0 Å². The van der Waals surface area contributed by atoms with Crippen molar-refractivity contribution in [2.45, 2.75) is 38.8 Å². The first kappa shape index (κ1) is 17.2. The average Bonchev–Trinajstić information content (AvgIpc) is 3.44. The van der Waals surface area contributed by atoms with Crippen LogP contribution in [0.15, 0.2) is 48.5 Å². The summed E-state index contributed by atoms with van der Waals surface area (Å²) in [4.78, 5) is 14.7. The molecule has 1 saturated carbocycles. The van der Waals surface area contributed by atoms with Crippen LogP contribution >= 0.6 is 0 Å². The van der Waals surface area contributed by atoms with Crippen molar-refractivity contribution in [2.24, 2.45) is 0 Å². The van der Waals surface area contributed by atoms with E-state index in [1.165, 1.54) is 24.0 Å². The molecule has 128 valence electrons. The minimum atomic E-state index is -0.0439. The predicted octanol–water partition coefficient (Wildman–Crippen LogP) is 3.86. The van der Waals surface area contributed by atoms with Gasteiger partial charge < -0.3 is 5.32 Å². The Morgan fingerprint density at radius 2 is 2.04 bits per heavy atom. The summed E-state index contributed by atoms with van der Waals surface area (Å²) in [5.74, 6) is -0.0439. The number of benzene rings is 2. The van der Waals surface area contributed by atoms with Crippen LogP contribution in [0.25, 0.3) is 0 Å². The maximum atomic E-state index is 12.3. The van der Waals surface area contributed by atoms with Gasteiger partial charge in [0.1, 0.15) is 6.07 Å². The molecule has 4 heteroatoms. The first-order chi connectivity index (χ1) is 12.2. The molecular formula is C21H23N3O. The molecule has 0 bridgehead atoms. The molecule has 1 fully saturated rings. The number of hydrogen-bond donors (Lipinski definition) is 1. The van der Waals surface area contributed by atoms with Gasteiger partial charge in [-0.2, -0.15) is 5.26 Å². The Morgan fingerprint density at radius 3 is 2.76 bits per heavy atom. The van der Waals surface area contributed by atoms with Gasteiger partial charge in [0.05, 0.1) is 11.3 Å². The number of aryl methyl sites for hydroxylation is 1. The molecule has 0 saturated heterocycles. The quantitative estimate of drug-likeness (QED) is 0.837. The normalized spacial score (nSPS) is 13.5. The van der Waals surface area contributed by atoms with Gasteiger partial charge in [-0.05, 0) is 37.5 Å². The van der Waals surface area contributed by atoms with Crippen molar-refractivity contribution in [1.82, 2.24) is 4.90 Å². The maximum Gasteiger partial charge on any atom is 0.225 e. The summed E-state index contributed by atoms with van der Waals surface area (Å²) in [6.45, 7) is 3.72. The number of carbonyl (C=O) groups is 1. The van der Waals surface area contributed by atoms with E-state index in [9.17, 15) is 4.79 Å². The fourth-order valence-electron chi connectivity index (χ4n) is 3.02. The van der Waals surface area contributed by atoms with E-state index in [-0.39, 0.29) is 5.91 Å². The van der Waals surface area contributed by atoms with Crippen LogP contribution in [0.3, 0.4) is 0 Å². The van der Waals surface area contributed by atoms with Gasteiger partial charge in [-0.15, -0.1) is 0 Å². The first-order valence-corrected chi connectivity index (χ1v) is 8.74. The molecule has 0 aliphatic heterocycles. The number of nitrogens with zero attached hydrogens (tertiary/aromatic N) is 2. The van der Waals surface area contributed by atoms with Crippen molar-refractivity contribution in [2.75, 3.05) is 11.9 Å². The van der Waals surface area contributed by atoms with Crippen LogP contribution in [0.1, 0.15) is 36.0 Å². The lowest BCUT2D eigenvalue weighted by molar-refractivity contribution is -0.116. The smallest absolute Gasteiger partial charge is 0.225 e. The van der Waals surface area contributed by atoms with E-state index in [0.717, 1.165) is 13.1 Å². The summed E-state index contributed by atoms with van der Waals surface area (Å²) in [7, 11) is 0. The number of carbonyl (C=O) groups excluding carboxylic acids is 1. The highest BCUT2D eigenvalue weighted by molar-refractivity contribution is 5.92. The number of hydrogen-bond acceptors (Lipinski definition) is 3. The van der Waals surface area contributed by atoms with Gasteiger partial charge in [-0.3, -0.25) is 9.69 Å². The molecule has 1 aliphatic carbocycles. The highest BCUT2D eigenvalue weighted by atomic mass is 16.1. The topological polar surface area (TPSA) is 56.1 Å². The fourth-order valence-corrected chi connectivity index (χ4v) is 3.02. The Labute approximate surface area is 149 Å². The van der Waals surface area contributed by atoms with Gasteiger partial charge in [-0.25, -0.2) is 0 Å². The van der Waals surface area contributed by atoms with Gasteiger partial charge in [0.25, 0.3) is 0 Å². The molecule has 1 aliphatic rings. The molecule has 1 N–H and O–H groups in total. The van der Waals surface area contributed by atoms with E-state index in [0.29, 0.717) is 23.7 Å². The number of para-hydroxylation sites is 1. The summed E-state index contributed by atoms with van der Waals surface area (Å²) < 4.78 is 0. The molecule has 1 amide bonds. The Hall–Kier alpha value is -2.64. The Balaban J connectivity index is 1.56. The van der Waals surface area contributed by atoms with Gasteiger partial charge in [0.2, 0.25) is 5.91 Å². The number of rotatable bonds is 7. The van der Waals surface area contributed by atoms with E-state index in [2.05, 4.69) is 47.5 Å². The van der Waals surface area contributed by atoms with Crippen molar-refractivity contribution in [3.8, 4) is 6.07 Å². The lowest BCUT2D eigenvalue weighted by Gasteiger charge is -2.22. The predicted molar refractivity (Wildman–Crippen MR) is 99.0 cm³/mol. The third-order valence-corrected chi connectivity index (χ3v) is 4.48. The molecular weight excluding hydrogens is 310 g/mol. The Morgan fingerprint density at radius 1 is 1.24 bits per heavy atom. The van der Waals surface area contributed by atoms with Crippen molar-refractivity contribution < 1.29 is 4.79 Å². The fraction of sp³-hybridized carbons (Fsp3) is 0.333. The number of nitrogens with one attached hydrogen (secondary N) is 1. The summed E-state index contributed by atoms with van der Waals surface area (Å²) in [5.41, 5.74) is 3.64. The zero-order valence-corrected chi connectivity index (χ0v) is 14.5. The van der Waals surface area contributed by atoms with Gasteiger partial charge in [0, 0.05) is 25.6 Å². The van der Waals surface area contributed by atoms with E-state index in [1.54, 1.807) is 18.2 Å². The Bertz CT molecular complexity index is 790. The van der Waals surface area contributed by atoms with Crippen LogP contribution in [0.2, 0.25) is 0 Å². The van der Waals surface area contributed by atoms with Gasteiger partial charge in [0.15, 0.2) is 0 Å². The summed E-state index contributed by atoms with van der Waals surface area (Å²) in [6.07, 6.45) is 2.86. The molecule has 0 aromatic heterocycles. The van der Waals surface area contributed by atoms with E-state index in [1.807, 2.05) is 6.07 Å². The summed E-state index contributed by atoms with van der Waals surface area (Å²) in [5, 5.41) is 12.0. The standard InChI is InChI=1S/C21H23N3O/c1-16-5-4-6-17(13-16)15-24(19-9-10-19)12-11-21(25)23-20-8-3-2-7-18(20)14-22/h2-8,13,19H,9-12,15H2,1H3,(H,23,25). The van der Waals surface area contributed by atoms with Crippen molar-refractivity contribution in [3.05, 3.63) is 65.2 Å². The lowest BCUT2D eigenvalue weighted by Crippen LogP contribution is -2.29. The Kier molecular flexibility index (Phi) is 5.47. The molecule has 0 spiro atoms. The first-order valence-electron chi connectivity index (χ1n) is 8.74. The highest BCUT2D eigenvalue weighted by Gasteiger charge is 2.29. The molecule has 0 heterocycles. The molecule has 0 radical (unpaired) electrons. The maximum absolute atomic E-state index is 12.3. The van der Waals surface area contributed by atoms with Crippen LogP contribution in [-0.4, -0.2) is 23.4 Å². The molecule has 0 atom stereocenters. The van der Waals surface area contributed by atoms with Crippen molar-refractivity contribution in [1.29, 1.82) is 5.26 Å². The van der Waals surface area contributed by atoms with Crippen LogP contribution in [-0.2, 0) is 11.3 Å². The zero-order valence-electron chi connectivity index (χ0n) is 14.5. The van der Waals surface area contributed by atoms with Crippen LogP contribution < -0.4 is 5.32 Å². The lowest BCUT2D eigenvalue weighted by atomic mass is 10.1. The summed E-state index contributed by atoms with van der Waals surface area (Å²) in [6, 6.07) is 18.3. The van der Waals surface area contributed by atoms with Crippen molar-refractivity contribution >= 4 is 11.6 Å². The highest BCUT2D eigenvalue weighted by Crippen LogP contribution is 2.28. The monoisotopic (exact) mass is 333 g/mol. The molecule has 2 aromatic carbocycles. The molecule has 0 unspecified atom stereocenters. The average molecular weight is 333 g/mol. The van der Waals surface area contributed by atoms with E-state index in [4.69, 9.17) is 5.26 Å².